The lowest BCUT2D eigenvalue weighted by atomic mass is 10.1. The molecule has 0 aromatic carbocycles. The number of nitrogens with one attached hydrogen (secondary N) is 1. The molecule has 0 aliphatic carbocycles. The van der Waals surface area contributed by atoms with E-state index in [1.54, 1.807) is 6.20 Å². The average Bonchev–Trinajstić information content (AvgIpc) is 2.57. The van der Waals surface area contributed by atoms with Gasteiger partial charge in [0.05, 0.1) is 16.0 Å². The third-order valence-electron chi connectivity index (χ3n) is 2.55. The lowest BCUT2D eigenvalue weighted by Crippen LogP contribution is -2.16. The maximum Gasteiger partial charge on any atom is 0.150 e. The lowest BCUT2D eigenvalue weighted by molar-refractivity contribution is 0.595. The van der Waals surface area contributed by atoms with Crippen LogP contribution in [0.5, 0.6) is 0 Å². The molecule has 1 fully saturated rings. The van der Waals surface area contributed by atoms with Crippen LogP contribution in [0.2, 0.25) is 0 Å². The zero-order valence-corrected chi connectivity index (χ0v) is 11.0. The van der Waals surface area contributed by atoms with E-state index >= 15 is 0 Å². The number of hydrogen-bond acceptors (Lipinski definition) is 5. The maximum absolute atomic E-state index is 11.3. The summed E-state index contributed by atoms with van der Waals surface area (Å²) in [4.78, 5) is 7.91. The van der Waals surface area contributed by atoms with Crippen LogP contribution in [-0.4, -0.2) is 36.4 Å². The minimum absolute atomic E-state index is 0.187. The van der Waals surface area contributed by atoms with Crippen LogP contribution >= 0.6 is 15.9 Å². The van der Waals surface area contributed by atoms with Crippen LogP contribution in [-0.2, 0) is 9.84 Å². The summed E-state index contributed by atoms with van der Waals surface area (Å²) in [6.45, 7) is 0.634. The highest BCUT2D eigenvalue weighted by atomic mass is 79.9. The number of nitrogens with zero attached hydrogens (tertiary/aromatic N) is 2. The van der Waals surface area contributed by atoms with E-state index < -0.39 is 9.84 Å². The summed E-state index contributed by atoms with van der Waals surface area (Å²) in [5, 5.41) is 3.13. The monoisotopic (exact) mass is 305 g/mol. The van der Waals surface area contributed by atoms with Gasteiger partial charge in [0.2, 0.25) is 0 Å². The zero-order chi connectivity index (χ0) is 11.6. The molecule has 7 heteroatoms. The molecule has 2 heterocycles. The van der Waals surface area contributed by atoms with Crippen molar-refractivity contribution in [3.63, 3.8) is 0 Å². The van der Waals surface area contributed by atoms with E-state index in [0.717, 1.165) is 10.9 Å². The van der Waals surface area contributed by atoms with Gasteiger partial charge in [-0.25, -0.2) is 18.4 Å². The third-order valence-corrected chi connectivity index (χ3v) is 4.97. The largest absolute Gasteiger partial charge is 0.369 e. The topological polar surface area (TPSA) is 72.0 Å². The molecule has 0 saturated carbocycles. The minimum atomic E-state index is -2.79. The highest BCUT2D eigenvalue weighted by Gasteiger charge is 2.27. The lowest BCUT2D eigenvalue weighted by Gasteiger charge is -2.10. The molecule has 1 atom stereocenters. The van der Waals surface area contributed by atoms with Gasteiger partial charge < -0.3 is 5.32 Å². The molecule has 1 aromatic rings. The number of anilines is 1. The first-order valence-electron chi connectivity index (χ1n) is 4.96. The first-order valence-corrected chi connectivity index (χ1v) is 7.58. The summed E-state index contributed by atoms with van der Waals surface area (Å²) >= 11 is 3.32. The Bertz CT molecular complexity index is 477. The fraction of sp³-hybridized carbons (Fsp3) is 0.556. The average molecular weight is 306 g/mol. The van der Waals surface area contributed by atoms with Gasteiger partial charge in [-0.15, -0.1) is 0 Å². The Labute approximate surface area is 103 Å². The van der Waals surface area contributed by atoms with Gasteiger partial charge in [0.1, 0.15) is 12.1 Å². The van der Waals surface area contributed by atoms with Crippen molar-refractivity contribution >= 4 is 31.6 Å². The second-order valence-corrected chi connectivity index (χ2v) is 6.95. The molecule has 1 aliphatic rings. The molecule has 2 rings (SSSR count). The van der Waals surface area contributed by atoms with Crippen molar-refractivity contribution in [2.45, 2.75) is 6.42 Å². The predicted molar refractivity (Wildman–Crippen MR) is 65.0 cm³/mol. The van der Waals surface area contributed by atoms with Crippen molar-refractivity contribution in [1.82, 2.24) is 9.97 Å². The summed E-state index contributed by atoms with van der Waals surface area (Å²) in [5.74, 6) is 1.48. The van der Waals surface area contributed by atoms with E-state index in [2.05, 4.69) is 31.2 Å². The normalized spacial score (nSPS) is 23.2. The van der Waals surface area contributed by atoms with Crippen molar-refractivity contribution in [3.8, 4) is 0 Å². The molecule has 1 unspecified atom stereocenters. The van der Waals surface area contributed by atoms with Crippen LogP contribution in [0.4, 0.5) is 5.82 Å². The van der Waals surface area contributed by atoms with Crippen LogP contribution in [0.25, 0.3) is 0 Å². The summed E-state index contributed by atoms with van der Waals surface area (Å²) < 4.78 is 23.3. The smallest absolute Gasteiger partial charge is 0.150 e. The number of rotatable bonds is 3. The van der Waals surface area contributed by atoms with Crippen LogP contribution < -0.4 is 5.32 Å². The highest BCUT2D eigenvalue weighted by Crippen LogP contribution is 2.21. The SMILES string of the molecule is O=S1(=O)CCC(CNc2ncncc2Br)C1. The predicted octanol–water partition coefficient (Wildman–Crippen LogP) is 1.09. The molecule has 0 amide bonds. The molecule has 1 saturated heterocycles. The molecule has 1 aliphatic heterocycles. The Hall–Kier alpha value is -0.690. The molecule has 1 aromatic heterocycles. The first kappa shape index (κ1) is 11.8. The van der Waals surface area contributed by atoms with Crippen LogP contribution in [0.1, 0.15) is 6.42 Å². The fourth-order valence-corrected chi connectivity index (χ4v) is 3.94. The molecule has 0 radical (unpaired) electrons. The van der Waals surface area contributed by atoms with E-state index in [0.29, 0.717) is 18.1 Å². The standard InChI is InChI=1S/C9H12BrN3O2S/c10-8-4-11-6-13-9(8)12-3-7-1-2-16(14,15)5-7/h4,6-7H,1-3,5H2,(H,11,12,13). The van der Waals surface area contributed by atoms with Gasteiger partial charge >= 0.3 is 0 Å². The fourth-order valence-electron chi connectivity index (χ4n) is 1.72. The van der Waals surface area contributed by atoms with Gasteiger partial charge in [0, 0.05) is 12.7 Å². The Morgan fingerprint density at radius 2 is 2.38 bits per heavy atom. The second-order valence-electron chi connectivity index (χ2n) is 3.87. The molecular formula is C9H12BrN3O2S. The van der Waals surface area contributed by atoms with E-state index in [1.165, 1.54) is 6.33 Å². The van der Waals surface area contributed by atoms with E-state index in [-0.39, 0.29) is 11.7 Å². The van der Waals surface area contributed by atoms with E-state index in [1.807, 2.05) is 0 Å². The molecular weight excluding hydrogens is 294 g/mol. The van der Waals surface area contributed by atoms with E-state index in [9.17, 15) is 8.42 Å². The Kier molecular flexibility index (Phi) is 3.44. The molecule has 0 spiro atoms. The quantitative estimate of drug-likeness (QED) is 0.905. The van der Waals surface area contributed by atoms with E-state index in [4.69, 9.17) is 0 Å². The summed E-state index contributed by atoms with van der Waals surface area (Å²) in [7, 11) is -2.79. The second kappa shape index (κ2) is 4.67. The van der Waals surface area contributed by atoms with Crippen LogP contribution in [0.15, 0.2) is 17.0 Å². The van der Waals surface area contributed by atoms with Gasteiger partial charge in [-0.3, -0.25) is 0 Å². The molecule has 1 N–H and O–H groups in total. The molecule has 0 bridgehead atoms. The zero-order valence-electron chi connectivity index (χ0n) is 8.56. The Morgan fingerprint density at radius 3 is 3.00 bits per heavy atom. The maximum atomic E-state index is 11.3. The summed E-state index contributed by atoms with van der Waals surface area (Å²) in [5.41, 5.74) is 0. The molecule has 88 valence electrons. The molecule has 5 nitrogen and oxygen atoms in total. The minimum Gasteiger partial charge on any atom is -0.369 e. The van der Waals surface area contributed by atoms with Gasteiger partial charge in [-0.05, 0) is 28.3 Å². The van der Waals surface area contributed by atoms with Crippen LogP contribution in [0, 0.1) is 5.92 Å². The Balaban J connectivity index is 1.92. The van der Waals surface area contributed by atoms with Crippen molar-refractivity contribution in [3.05, 3.63) is 17.0 Å². The van der Waals surface area contributed by atoms with Crippen molar-refractivity contribution in [1.29, 1.82) is 0 Å². The third kappa shape index (κ3) is 2.91. The Morgan fingerprint density at radius 1 is 1.56 bits per heavy atom. The number of halogens is 1. The van der Waals surface area contributed by atoms with Gasteiger partial charge in [0.25, 0.3) is 0 Å². The van der Waals surface area contributed by atoms with Crippen molar-refractivity contribution in [2.75, 3.05) is 23.4 Å². The van der Waals surface area contributed by atoms with Crippen molar-refractivity contribution in [2.24, 2.45) is 5.92 Å². The van der Waals surface area contributed by atoms with Crippen LogP contribution in [0.3, 0.4) is 0 Å². The molecule has 16 heavy (non-hydrogen) atoms. The number of sulfone groups is 1. The first-order chi connectivity index (χ1) is 7.57. The van der Waals surface area contributed by atoms with Crippen molar-refractivity contribution < 1.29 is 8.42 Å². The summed E-state index contributed by atoms with van der Waals surface area (Å²) in [6.07, 6.45) is 3.84. The van der Waals surface area contributed by atoms with Gasteiger partial charge in [-0.1, -0.05) is 0 Å². The summed E-state index contributed by atoms with van der Waals surface area (Å²) in [6, 6.07) is 0. The number of aromatic nitrogens is 2. The van der Waals surface area contributed by atoms with Gasteiger partial charge in [0.15, 0.2) is 9.84 Å². The van der Waals surface area contributed by atoms with Gasteiger partial charge in [-0.2, -0.15) is 0 Å². The highest BCUT2D eigenvalue weighted by molar-refractivity contribution is 9.10. The number of hydrogen-bond donors (Lipinski definition) is 1.